The number of nitrogens with zero attached hydrogens (tertiary/aromatic N) is 1. The molecule has 0 radical (unpaired) electrons. The number of nitrogens with one attached hydrogen (secondary N) is 1. The molecule has 1 aliphatic rings. The normalized spacial score (nSPS) is 13.8. The molecule has 28 heavy (non-hydrogen) atoms. The maximum atomic E-state index is 13.2. The van der Waals surface area contributed by atoms with Crippen molar-refractivity contribution in [1.29, 1.82) is 0 Å². The van der Waals surface area contributed by atoms with Crippen molar-refractivity contribution in [2.75, 3.05) is 10.2 Å². The van der Waals surface area contributed by atoms with Gasteiger partial charge >= 0.3 is 0 Å². The highest BCUT2D eigenvalue weighted by atomic mass is 16.2. The molecule has 0 fully saturated rings. The fourth-order valence-corrected chi connectivity index (χ4v) is 3.31. The second-order valence-electron chi connectivity index (χ2n) is 7.88. The molecule has 0 saturated heterocycles. The van der Waals surface area contributed by atoms with Crippen LogP contribution in [0.3, 0.4) is 0 Å². The Balaban J connectivity index is 1.81. The number of rotatable bonds is 2. The van der Waals surface area contributed by atoms with Crippen LogP contribution in [0.4, 0.5) is 11.4 Å². The summed E-state index contributed by atoms with van der Waals surface area (Å²) in [6, 6.07) is 17.9. The quantitative estimate of drug-likeness (QED) is 0.667. The van der Waals surface area contributed by atoms with Crippen LogP contribution in [-0.2, 0) is 4.79 Å². The number of anilines is 2. The number of imide groups is 1. The first kappa shape index (κ1) is 17.9. The molecular weight excluding hydrogens is 352 g/mol. The molecule has 3 aromatic rings. The van der Waals surface area contributed by atoms with E-state index >= 15 is 0 Å². The Hall–Kier alpha value is -3.47. The maximum Gasteiger partial charge on any atom is 0.266 e. The molecule has 140 valence electrons. The fourth-order valence-electron chi connectivity index (χ4n) is 3.31. The van der Waals surface area contributed by atoms with Gasteiger partial charge in [-0.25, -0.2) is 4.90 Å². The molecule has 5 heteroatoms. The molecule has 0 atom stereocenters. The number of fused-ring (bicyclic) bond motifs is 3. The number of carbonyl (C=O) groups is 3. The minimum absolute atomic E-state index is 0.193. The lowest BCUT2D eigenvalue weighted by Gasteiger charge is -2.22. The van der Waals surface area contributed by atoms with E-state index in [2.05, 4.69) is 5.32 Å². The van der Waals surface area contributed by atoms with Gasteiger partial charge in [0.05, 0.1) is 22.5 Å². The van der Waals surface area contributed by atoms with Gasteiger partial charge in [0.15, 0.2) is 0 Å². The van der Waals surface area contributed by atoms with Gasteiger partial charge in [0.2, 0.25) is 5.91 Å². The number of para-hydroxylation sites is 2. The average molecular weight is 372 g/mol. The zero-order valence-electron chi connectivity index (χ0n) is 15.9. The van der Waals surface area contributed by atoms with Crippen molar-refractivity contribution in [3.63, 3.8) is 0 Å². The third kappa shape index (κ3) is 2.76. The van der Waals surface area contributed by atoms with Crippen LogP contribution in [0.2, 0.25) is 0 Å². The molecular formula is C23H20N2O3. The average Bonchev–Trinajstić information content (AvgIpc) is 2.92. The molecule has 5 nitrogen and oxygen atoms in total. The van der Waals surface area contributed by atoms with Gasteiger partial charge < -0.3 is 5.32 Å². The van der Waals surface area contributed by atoms with Crippen LogP contribution in [0, 0.1) is 5.41 Å². The highest BCUT2D eigenvalue weighted by Gasteiger charge is 2.39. The summed E-state index contributed by atoms with van der Waals surface area (Å²) in [5, 5.41) is 4.50. The lowest BCUT2D eigenvalue weighted by molar-refractivity contribution is -0.123. The van der Waals surface area contributed by atoms with Crippen molar-refractivity contribution in [3.05, 3.63) is 71.8 Å². The Kier molecular flexibility index (Phi) is 4.03. The minimum atomic E-state index is -0.606. The molecule has 4 rings (SSSR count). The van der Waals surface area contributed by atoms with Gasteiger partial charge in [0.25, 0.3) is 11.8 Å². The number of benzene rings is 3. The third-order valence-corrected chi connectivity index (χ3v) is 4.85. The first-order valence-corrected chi connectivity index (χ1v) is 9.10. The van der Waals surface area contributed by atoms with Gasteiger partial charge in [-0.3, -0.25) is 14.4 Å². The number of hydrogen-bond donors (Lipinski definition) is 1. The van der Waals surface area contributed by atoms with Crippen molar-refractivity contribution < 1.29 is 14.4 Å². The monoisotopic (exact) mass is 372 g/mol. The van der Waals surface area contributed by atoms with Crippen LogP contribution in [0.25, 0.3) is 10.8 Å². The smallest absolute Gasteiger partial charge is 0.266 e. The van der Waals surface area contributed by atoms with Gasteiger partial charge in [0.1, 0.15) is 0 Å². The third-order valence-electron chi connectivity index (χ3n) is 4.85. The van der Waals surface area contributed by atoms with E-state index < -0.39 is 5.41 Å². The van der Waals surface area contributed by atoms with Crippen LogP contribution >= 0.6 is 0 Å². The van der Waals surface area contributed by atoms with Crippen LogP contribution in [0.5, 0.6) is 0 Å². The predicted octanol–water partition coefficient (Wildman–Crippen LogP) is 4.63. The van der Waals surface area contributed by atoms with Gasteiger partial charge in [-0.2, -0.15) is 0 Å². The van der Waals surface area contributed by atoms with E-state index in [9.17, 15) is 14.4 Å². The van der Waals surface area contributed by atoms with E-state index in [-0.39, 0.29) is 17.7 Å². The summed E-state index contributed by atoms with van der Waals surface area (Å²) in [5.41, 5.74) is 0.975. The summed E-state index contributed by atoms with van der Waals surface area (Å²) in [4.78, 5) is 39.9. The highest BCUT2D eigenvalue weighted by molar-refractivity contribution is 6.38. The molecule has 1 heterocycles. The summed E-state index contributed by atoms with van der Waals surface area (Å²) in [6.07, 6.45) is 0. The number of carbonyl (C=O) groups excluding carboxylic acids is 3. The van der Waals surface area contributed by atoms with E-state index in [1.807, 2.05) is 30.3 Å². The number of amides is 3. The predicted molar refractivity (Wildman–Crippen MR) is 110 cm³/mol. The molecule has 0 saturated carbocycles. The Labute approximate surface area is 163 Å². The summed E-state index contributed by atoms with van der Waals surface area (Å²) >= 11 is 0. The lowest BCUT2D eigenvalue weighted by Crippen LogP contribution is -2.32. The van der Waals surface area contributed by atoms with E-state index in [0.29, 0.717) is 22.5 Å². The summed E-state index contributed by atoms with van der Waals surface area (Å²) in [6.45, 7) is 5.41. The summed E-state index contributed by atoms with van der Waals surface area (Å²) < 4.78 is 0. The standard InChI is InChI=1S/C23H20N2O3/c1-23(2,3)22(28)24-17-10-6-7-11-18(17)25-20(26)16-13-12-14-8-4-5-9-15(14)19(16)21(25)27/h4-13H,1-3H3,(H,24,28). The SMILES string of the molecule is CC(C)(C)C(=O)Nc1ccccc1N1C(=O)c2ccc3ccccc3c2C1=O. The number of hydrogen-bond acceptors (Lipinski definition) is 3. The van der Waals surface area contributed by atoms with E-state index in [0.717, 1.165) is 15.7 Å². The minimum Gasteiger partial charge on any atom is -0.324 e. The van der Waals surface area contributed by atoms with Crippen LogP contribution in [-0.4, -0.2) is 17.7 Å². The highest BCUT2D eigenvalue weighted by Crippen LogP contribution is 2.36. The van der Waals surface area contributed by atoms with Gasteiger partial charge in [-0.15, -0.1) is 0 Å². The van der Waals surface area contributed by atoms with Crippen LogP contribution in [0.1, 0.15) is 41.5 Å². The Bertz CT molecular complexity index is 1140. The second-order valence-corrected chi connectivity index (χ2v) is 7.88. The van der Waals surface area contributed by atoms with E-state index in [1.165, 1.54) is 0 Å². The maximum absolute atomic E-state index is 13.2. The Morgan fingerprint density at radius 2 is 1.54 bits per heavy atom. The van der Waals surface area contributed by atoms with Crippen molar-refractivity contribution in [2.45, 2.75) is 20.8 Å². The molecule has 0 bridgehead atoms. The molecule has 0 spiro atoms. The molecule has 1 N–H and O–H groups in total. The topological polar surface area (TPSA) is 66.5 Å². The van der Waals surface area contributed by atoms with E-state index in [1.54, 1.807) is 51.1 Å². The fraction of sp³-hybridized carbons (Fsp3) is 0.174. The van der Waals surface area contributed by atoms with Gasteiger partial charge in [-0.05, 0) is 29.0 Å². The van der Waals surface area contributed by atoms with Crippen LogP contribution in [0.15, 0.2) is 60.7 Å². The zero-order chi connectivity index (χ0) is 20.1. The second kappa shape index (κ2) is 6.30. The summed E-state index contributed by atoms with van der Waals surface area (Å²) in [5.74, 6) is -0.959. The zero-order valence-corrected chi connectivity index (χ0v) is 15.9. The van der Waals surface area contributed by atoms with Crippen molar-refractivity contribution in [2.24, 2.45) is 5.41 Å². The Morgan fingerprint density at radius 1 is 0.857 bits per heavy atom. The first-order chi connectivity index (χ1) is 13.3. The van der Waals surface area contributed by atoms with Crippen molar-refractivity contribution in [3.8, 4) is 0 Å². The molecule has 0 aliphatic carbocycles. The Morgan fingerprint density at radius 3 is 2.29 bits per heavy atom. The van der Waals surface area contributed by atoms with Gasteiger partial charge in [-0.1, -0.05) is 63.2 Å². The van der Waals surface area contributed by atoms with Crippen LogP contribution < -0.4 is 10.2 Å². The molecule has 0 aromatic heterocycles. The molecule has 1 aliphatic heterocycles. The summed E-state index contributed by atoms with van der Waals surface area (Å²) in [7, 11) is 0. The first-order valence-electron chi connectivity index (χ1n) is 9.10. The largest absolute Gasteiger partial charge is 0.324 e. The lowest BCUT2D eigenvalue weighted by atomic mass is 9.95. The molecule has 3 aromatic carbocycles. The van der Waals surface area contributed by atoms with Crippen molar-refractivity contribution >= 4 is 39.9 Å². The van der Waals surface area contributed by atoms with E-state index in [4.69, 9.17) is 0 Å². The van der Waals surface area contributed by atoms with Gasteiger partial charge in [0, 0.05) is 5.41 Å². The van der Waals surface area contributed by atoms with Crippen molar-refractivity contribution in [1.82, 2.24) is 0 Å². The molecule has 0 unspecified atom stereocenters. The molecule has 3 amide bonds.